The Bertz CT molecular complexity index is 1160. The van der Waals surface area contributed by atoms with Crippen molar-refractivity contribution < 1.29 is 14.0 Å². The zero-order valence-electron chi connectivity index (χ0n) is 16.5. The van der Waals surface area contributed by atoms with Crippen molar-refractivity contribution >= 4 is 34.0 Å². The molecule has 0 unspecified atom stereocenters. The lowest BCUT2D eigenvalue weighted by molar-refractivity contribution is 0.101. The normalized spacial score (nSPS) is 10.7. The summed E-state index contributed by atoms with van der Waals surface area (Å²) in [5.41, 5.74) is 3.54. The SMILES string of the molecule is Cc1cc(C(=O)Nc2ccc(C(=O)Nc3nccs3)cc2)c(C)n1Cc1ccco1. The number of rotatable bonds is 6. The fraction of sp³-hybridized carbons (Fsp3) is 0.136. The summed E-state index contributed by atoms with van der Waals surface area (Å²) >= 11 is 1.35. The van der Waals surface area contributed by atoms with Crippen LogP contribution in [-0.4, -0.2) is 21.4 Å². The number of hydrogen-bond acceptors (Lipinski definition) is 5. The van der Waals surface area contributed by atoms with E-state index in [1.54, 1.807) is 42.1 Å². The number of nitrogens with zero attached hydrogens (tertiary/aromatic N) is 2. The maximum Gasteiger partial charge on any atom is 0.257 e. The summed E-state index contributed by atoms with van der Waals surface area (Å²) in [4.78, 5) is 29.1. The molecule has 1 aromatic carbocycles. The van der Waals surface area contributed by atoms with E-state index in [-0.39, 0.29) is 11.8 Å². The molecule has 0 atom stereocenters. The predicted molar refractivity (Wildman–Crippen MR) is 116 cm³/mol. The van der Waals surface area contributed by atoms with Crippen LogP contribution in [0.2, 0.25) is 0 Å². The van der Waals surface area contributed by atoms with Gasteiger partial charge in [-0.3, -0.25) is 14.9 Å². The minimum Gasteiger partial charge on any atom is -0.467 e. The van der Waals surface area contributed by atoms with Crippen molar-refractivity contribution in [1.29, 1.82) is 0 Å². The molecule has 0 aliphatic carbocycles. The van der Waals surface area contributed by atoms with E-state index < -0.39 is 0 Å². The molecule has 4 rings (SSSR count). The summed E-state index contributed by atoms with van der Waals surface area (Å²) in [7, 11) is 0. The number of benzene rings is 1. The molecule has 3 aromatic heterocycles. The Morgan fingerprint density at radius 3 is 2.57 bits per heavy atom. The van der Waals surface area contributed by atoms with E-state index in [1.165, 1.54) is 11.3 Å². The van der Waals surface area contributed by atoms with Gasteiger partial charge in [-0.1, -0.05) is 0 Å². The molecule has 4 aromatic rings. The Labute approximate surface area is 177 Å². The molecular weight excluding hydrogens is 400 g/mol. The minimum absolute atomic E-state index is 0.200. The van der Waals surface area contributed by atoms with E-state index in [0.717, 1.165) is 17.1 Å². The molecule has 0 spiro atoms. The second-order valence-electron chi connectivity index (χ2n) is 6.77. The van der Waals surface area contributed by atoms with E-state index in [4.69, 9.17) is 4.42 Å². The van der Waals surface area contributed by atoms with Gasteiger partial charge in [0, 0.05) is 34.2 Å². The zero-order valence-corrected chi connectivity index (χ0v) is 17.3. The molecule has 0 bridgehead atoms. The molecule has 0 radical (unpaired) electrons. The first-order valence-electron chi connectivity index (χ1n) is 9.32. The average molecular weight is 420 g/mol. The number of carbonyl (C=O) groups excluding carboxylic acids is 2. The van der Waals surface area contributed by atoms with Crippen molar-refractivity contribution in [3.63, 3.8) is 0 Å². The second-order valence-corrected chi connectivity index (χ2v) is 7.67. The van der Waals surface area contributed by atoms with Gasteiger partial charge in [-0.15, -0.1) is 11.3 Å². The van der Waals surface area contributed by atoms with Gasteiger partial charge < -0.3 is 14.3 Å². The van der Waals surface area contributed by atoms with E-state index in [1.807, 2.05) is 36.6 Å². The van der Waals surface area contributed by atoms with Gasteiger partial charge in [0.2, 0.25) is 0 Å². The highest BCUT2D eigenvalue weighted by atomic mass is 32.1. The molecule has 2 amide bonds. The highest BCUT2D eigenvalue weighted by Gasteiger charge is 2.17. The molecule has 8 heteroatoms. The first kappa shape index (κ1) is 19.7. The van der Waals surface area contributed by atoms with Crippen LogP contribution >= 0.6 is 11.3 Å². The fourth-order valence-corrected chi connectivity index (χ4v) is 3.71. The van der Waals surface area contributed by atoms with Crippen LogP contribution in [0.1, 0.15) is 37.9 Å². The van der Waals surface area contributed by atoms with Crippen molar-refractivity contribution in [1.82, 2.24) is 9.55 Å². The summed E-state index contributed by atoms with van der Waals surface area (Å²) in [6.07, 6.45) is 3.27. The van der Waals surface area contributed by atoms with Crippen LogP contribution in [-0.2, 0) is 6.54 Å². The van der Waals surface area contributed by atoms with Crippen LogP contribution < -0.4 is 10.6 Å². The third kappa shape index (κ3) is 4.18. The standard InChI is InChI=1S/C22H20N4O3S/c1-14-12-19(15(2)26(14)13-18-4-3-10-29-18)21(28)24-17-7-5-16(6-8-17)20(27)25-22-23-9-11-30-22/h3-12H,13H2,1-2H3,(H,24,28)(H,23,25,27). The third-order valence-electron chi connectivity index (χ3n) is 4.77. The predicted octanol–water partition coefficient (Wildman–Crippen LogP) is 4.71. The quantitative estimate of drug-likeness (QED) is 0.473. The zero-order chi connectivity index (χ0) is 21.1. The number of hydrogen-bond donors (Lipinski definition) is 2. The highest BCUT2D eigenvalue weighted by Crippen LogP contribution is 2.20. The number of nitrogens with one attached hydrogen (secondary N) is 2. The van der Waals surface area contributed by atoms with Gasteiger partial charge >= 0.3 is 0 Å². The average Bonchev–Trinajstić information content (AvgIpc) is 3.48. The molecule has 2 N–H and O–H groups in total. The van der Waals surface area contributed by atoms with Gasteiger partial charge in [0.1, 0.15) is 5.76 Å². The van der Waals surface area contributed by atoms with Crippen LogP contribution in [0.3, 0.4) is 0 Å². The largest absolute Gasteiger partial charge is 0.467 e. The van der Waals surface area contributed by atoms with Gasteiger partial charge in [-0.05, 0) is 56.3 Å². The number of aromatic nitrogens is 2. The smallest absolute Gasteiger partial charge is 0.257 e. The molecule has 30 heavy (non-hydrogen) atoms. The Kier molecular flexibility index (Phi) is 5.49. The Morgan fingerprint density at radius 2 is 1.90 bits per heavy atom. The molecule has 152 valence electrons. The Balaban J connectivity index is 1.44. The second kappa shape index (κ2) is 8.38. The highest BCUT2D eigenvalue weighted by molar-refractivity contribution is 7.13. The van der Waals surface area contributed by atoms with Crippen molar-refractivity contribution in [3.05, 3.63) is 88.6 Å². The van der Waals surface area contributed by atoms with Crippen molar-refractivity contribution in [2.24, 2.45) is 0 Å². The molecule has 0 aliphatic heterocycles. The lowest BCUT2D eigenvalue weighted by Crippen LogP contribution is -2.14. The first-order chi connectivity index (χ1) is 14.5. The molecule has 0 aliphatic rings. The van der Waals surface area contributed by atoms with Crippen LogP contribution in [0.4, 0.5) is 10.8 Å². The summed E-state index contributed by atoms with van der Waals surface area (Å²) in [5.74, 6) is 0.383. The topological polar surface area (TPSA) is 89.2 Å². The number of anilines is 2. The molecule has 7 nitrogen and oxygen atoms in total. The first-order valence-corrected chi connectivity index (χ1v) is 10.2. The molecular formula is C22H20N4O3S. The van der Waals surface area contributed by atoms with Crippen molar-refractivity contribution in [2.75, 3.05) is 10.6 Å². The van der Waals surface area contributed by atoms with Crippen molar-refractivity contribution in [2.45, 2.75) is 20.4 Å². The van der Waals surface area contributed by atoms with Crippen molar-refractivity contribution in [3.8, 4) is 0 Å². The summed E-state index contributed by atoms with van der Waals surface area (Å²) in [6.45, 7) is 4.44. The fourth-order valence-electron chi connectivity index (χ4n) is 3.19. The lowest BCUT2D eigenvalue weighted by atomic mass is 10.2. The van der Waals surface area contributed by atoms with Gasteiger partial charge in [-0.2, -0.15) is 0 Å². The Hall–Kier alpha value is -3.65. The molecule has 3 heterocycles. The van der Waals surface area contributed by atoms with E-state index in [2.05, 4.69) is 15.6 Å². The molecule has 0 saturated carbocycles. The van der Waals surface area contributed by atoms with E-state index in [0.29, 0.717) is 28.5 Å². The van der Waals surface area contributed by atoms with E-state index in [9.17, 15) is 9.59 Å². The van der Waals surface area contributed by atoms with Crippen LogP contribution in [0, 0.1) is 13.8 Å². The van der Waals surface area contributed by atoms with Gasteiger partial charge in [0.15, 0.2) is 5.13 Å². The monoisotopic (exact) mass is 420 g/mol. The Morgan fingerprint density at radius 1 is 1.10 bits per heavy atom. The molecule has 0 fully saturated rings. The van der Waals surface area contributed by atoms with Gasteiger partial charge in [0.25, 0.3) is 11.8 Å². The maximum atomic E-state index is 12.8. The third-order valence-corrected chi connectivity index (χ3v) is 5.46. The van der Waals surface area contributed by atoms with Crippen LogP contribution in [0.5, 0.6) is 0 Å². The summed E-state index contributed by atoms with van der Waals surface area (Å²) in [5, 5.41) is 7.96. The summed E-state index contributed by atoms with van der Waals surface area (Å²) in [6, 6.07) is 12.4. The molecule has 0 saturated heterocycles. The number of thiazole rings is 1. The number of carbonyl (C=O) groups is 2. The number of furan rings is 1. The maximum absolute atomic E-state index is 12.8. The van der Waals surface area contributed by atoms with Gasteiger partial charge in [0.05, 0.1) is 18.4 Å². The van der Waals surface area contributed by atoms with Crippen LogP contribution in [0.25, 0.3) is 0 Å². The minimum atomic E-state index is -0.246. The lowest BCUT2D eigenvalue weighted by Gasteiger charge is -2.09. The number of amides is 2. The van der Waals surface area contributed by atoms with E-state index >= 15 is 0 Å². The van der Waals surface area contributed by atoms with Crippen LogP contribution in [0.15, 0.2) is 64.7 Å². The summed E-state index contributed by atoms with van der Waals surface area (Å²) < 4.78 is 7.46. The number of aryl methyl sites for hydroxylation is 1. The van der Waals surface area contributed by atoms with Gasteiger partial charge in [-0.25, -0.2) is 4.98 Å².